The van der Waals surface area contributed by atoms with Gasteiger partial charge in [0.2, 0.25) is 5.88 Å². The van der Waals surface area contributed by atoms with Crippen molar-refractivity contribution < 1.29 is 19.0 Å². The number of benzene rings is 3. The molecule has 2 N–H and O–H groups in total. The lowest BCUT2D eigenvalue weighted by molar-refractivity contribution is 0.0978. The number of hydrogen-bond acceptors (Lipinski definition) is 7. The number of thiocarbonyl (C=S) groups is 1. The summed E-state index contributed by atoms with van der Waals surface area (Å²) in [6, 6.07) is 17.3. The van der Waals surface area contributed by atoms with Gasteiger partial charge in [-0.3, -0.25) is 10.1 Å². The number of carbonyl (C=O) groups excluding carboxylic acids is 1. The van der Waals surface area contributed by atoms with Crippen molar-refractivity contribution in [2.45, 2.75) is 0 Å². The molecule has 0 radical (unpaired) electrons. The van der Waals surface area contributed by atoms with Crippen molar-refractivity contribution in [1.29, 1.82) is 0 Å². The molecule has 8 nitrogen and oxygen atoms in total. The van der Waals surface area contributed by atoms with Gasteiger partial charge in [-0.2, -0.15) is 0 Å². The molecule has 0 aliphatic carbocycles. The molecule has 4 aromatic rings. The maximum Gasteiger partial charge on any atom is 0.258 e. The molecule has 0 spiro atoms. The second-order valence-electron chi connectivity index (χ2n) is 6.92. The Kier molecular flexibility index (Phi) is 7.05. The van der Waals surface area contributed by atoms with Crippen LogP contribution in [-0.4, -0.2) is 35.2 Å². The van der Waals surface area contributed by atoms with E-state index in [2.05, 4.69) is 20.6 Å². The topological polar surface area (TPSA) is 94.6 Å². The highest BCUT2D eigenvalue weighted by molar-refractivity contribution is 7.80. The lowest BCUT2D eigenvalue weighted by Gasteiger charge is -2.12. The van der Waals surface area contributed by atoms with E-state index in [1.54, 1.807) is 74.9 Å². The zero-order valence-corrected chi connectivity index (χ0v) is 19.7. The summed E-state index contributed by atoms with van der Waals surface area (Å²) in [7, 11) is 3.12. The quantitative estimate of drug-likeness (QED) is 0.352. The number of fused-ring (bicyclic) bond motifs is 1. The highest BCUT2D eigenvalue weighted by Gasteiger charge is 2.13. The summed E-state index contributed by atoms with van der Waals surface area (Å²) in [6.07, 6.45) is 1.42. The van der Waals surface area contributed by atoms with Crippen molar-refractivity contribution in [2.75, 3.05) is 19.5 Å². The van der Waals surface area contributed by atoms with E-state index in [9.17, 15) is 4.79 Å². The predicted octanol–water partition coefficient (Wildman–Crippen LogP) is 5.22. The van der Waals surface area contributed by atoms with E-state index in [0.717, 1.165) is 0 Å². The Hall–Kier alpha value is -3.95. The highest BCUT2D eigenvalue weighted by atomic mass is 35.5. The van der Waals surface area contributed by atoms with Gasteiger partial charge in [0.05, 0.1) is 35.7 Å². The SMILES string of the molecule is COc1cc2ncnc(Oc3ccc(NC(=S)NC(=O)c4ccccc4Cl)cc3)c2cc1OC. The molecule has 3 aromatic carbocycles. The lowest BCUT2D eigenvalue weighted by atomic mass is 10.2. The molecule has 1 amide bonds. The number of nitrogens with one attached hydrogen (secondary N) is 2. The van der Waals surface area contributed by atoms with E-state index in [1.807, 2.05) is 0 Å². The fraction of sp³-hybridized carbons (Fsp3) is 0.0833. The van der Waals surface area contributed by atoms with Crippen molar-refractivity contribution in [3.8, 4) is 23.1 Å². The number of nitrogens with zero attached hydrogens (tertiary/aromatic N) is 2. The molecule has 1 aromatic heterocycles. The number of aromatic nitrogens is 2. The average molecular weight is 495 g/mol. The van der Waals surface area contributed by atoms with Crippen molar-refractivity contribution in [2.24, 2.45) is 0 Å². The first kappa shape index (κ1) is 23.2. The molecule has 1 heterocycles. The number of ether oxygens (including phenoxy) is 3. The molecule has 172 valence electrons. The minimum atomic E-state index is -0.397. The standard InChI is InChI=1S/C24H19ClN4O4S/c1-31-20-11-17-19(12-21(20)32-2)26-13-27-23(17)33-15-9-7-14(8-10-15)28-24(34)29-22(30)16-5-3-4-6-18(16)25/h3-13H,1-2H3,(H2,28,29,30,34). The van der Waals surface area contributed by atoms with E-state index in [4.69, 9.17) is 38.0 Å². The molecule has 0 fully saturated rings. The summed E-state index contributed by atoms with van der Waals surface area (Å²) >= 11 is 11.3. The molecule has 10 heteroatoms. The van der Waals surface area contributed by atoms with Gasteiger partial charge in [-0.15, -0.1) is 0 Å². The largest absolute Gasteiger partial charge is 0.493 e. The van der Waals surface area contributed by atoms with Crippen LogP contribution in [0.15, 0.2) is 67.0 Å². The Bertz CT molecular complexity index is 1370. The lowest BCUT2D eigenvalue weighted by Crippen LogP contribution is -2.34. The molecule has 0 atom stereocenters. The smallest absolute Gasteiger partial charge is 0.258 e. The zero-order valence-electron chi connectivity index (χ0n) is 18.2. The molecule has 0 aliphatic rings. The highest BCUT2D eigenvalue weighted by Crippen LogP contribution is 2.35. The maximum atomic E-state index is 12.3. The van der Waals surface area contributed by atoms with Crippen LogP contribution in [0.4, 0.5) is 5.69 Å². The van der Waals surface area contributed by atoms with Crippen molar-refractivity contribution in [1.82, 2.24) is 15.3 Å². The molecular weight excluding hydrogens is 476 g/mol. The van der Waals surface area contributed by atoms with Gasteiger partial charge in [0, 0.05) is 11.8 Å². The summed E-state index contributed by atoms with van der Waals surface area (Å²) in [4.78, 5) is 20.9. The minimum absolute atomic E-state index is 0.140. The Morgan fingerprint density at radius 1 is 0.971 bits per heavy atom. The van der Waals surface area contributed by atoms with Crippen LogP contribution in [0.2, 0.25) is 5.02 Å². The van der Waals surface area contributed by atoms with Crippen LogP contribution < -0.4 is 24.8 Å². The molecular formula is C24H19ClN4O4S. The van der Waals surface area contributed by atoms with E-state index >= 15 is 0 Å². The first-order valence-corrected chi connectivity index (χ1v) is 10.8. The van der Waals surface area contributed by atoms with E-state index < -0.39 is 5.91 Å². The fourth-order valence-electron chi connectivity index (χ4n) is 3.14. The van der Waals surface area contributed by atoms with Gasteiger partial charge in [0.1, 0.15) is 12.1 Å². The van der Waals surface area contributed by atoms with Crippen LogP contribution in [0, 0.1) is 0 Å². The van der Waals surface area contributed by atoms with Crippen LogP contribution >= 0.6 is 23.8 Å². The normalized spacial score (nSPS) is 10.4. The Balaban J connectivity index is 1.45. The molecule has 0 unspecified atom stereocenters. The molecule has 0 saturated heterocycles. The van der Waals surface area contributed by atoms with E-state index in [0.29, 0.717) is 50.3 Å². The van der Waals surface area contributed by atoms with Crippen LogP contribution in [0.25, 0.3) is 10.9 Å². The van der Waals surface area contributed by atoms with Crippen LogP contribution in [0.1, 0.15) is 10.4 Å². The van der Waals surface area contributed by atoms with Gasteiger partial charge in [0.15, 0.2) is 16.6 Å². The molecule has 34 heavy (non-hydrogen) atoms. The average Bonchev–Trinajstić information content (AvgIpc) is 2.84. The number of carbonyl (C=O) groups is 1. The zero-order chi connectivity index (χ0) is 24.1. The predicted molar refractivity (Wildman–Crippen MR) is 134 cm³/mol. The Labute approximate surface area is 205 Å². The monoisotopic (exact) mass is 494 g/mol. The fourth-order valence-corrected chi connectivity index (χ4v) is 3.57. The van der Waals surface area contributed by atoms with Gasteiger partial charge in [-0.1, -0.05) is 23.7 Å². The number of hydrogen-bond donors (Lipinski definition) is 2. The Morgan fingerprint density at radius 3 is 2.38 bits per heavy atom. The second kappa shape index (κ2) is 10.3. The van der Waals surface area contributed by atoms with Gasteiger partial charge in [0.25, 0.3) is 5.91 Å². The maximum absolute atomic E-state index is 12.3. The van der Waals surface area contributed by atoms with Crippen molar-refractivity contribution in [3.63, 3.8) is 0 Å². The first-order chi connectivity index (χ1) is 16.5. The molecule has 0 saturated carbocycles. The van der Waals surface area contributed by atoms with E-state index in [1.165, 1.54) is 6.33 Å². The number of rotatable bonds is 6. The summed E-state index contributed by atoms with van der Waals surface area (Å²) in [5.74, 6) is 1.63. The van der Waals surface area contributed by atoms with Crippen molar-refractivity contribution in [3.05, 3.63) is 77.6 Å². The summed E-state index contributed by atoms with van der Waals surface area (Å²) in [6.45, 7) is 0. The molecule has 0 bridgehead atoms. The molecule has 0 aliphatic heterocycles. The van der Waals surface area contributed by atoms with Gasteiger partial charge < -0.3 is 19.5 Å². The van der Waals surface area contributed by atoms with Gasteiger partial charge in [-0.25, -0.2) is 9.97 Å². The van der Waals surface area contributed by atoms with Crippen LogP contribution in [0.5, 0.6) is 23.1 Å². The van der Waals surface area contributed by atoms with Crippen LogP contribution in [-0.2, 0) is 0 Å². The van der Waals surface area contributed by atoms with Crippen LogP contribution in [0.3, 0.4) is 0 Å². The summed E-state index contributed by atoms with van der Waals surface area (Å²) in [5, 5.41) is 6.72. The second-order valence-corrected chi connectivity index (χ2v) is 7.73. The minimum Gasteiger partial charge on any atom is -0.493 e. The Morgan fingerprint density at radius 2 is 1.68 bits per heavy atom. The third-order valence-electron chi connectivity index (χ3n) is 4.78. The van der Waals surface area contributed by atoms with Gasteiger partial charge >= 0.3 is 0 Å². The number of amides is 1. The number of anilines is 1. The summed E-state index contributed by atoms with van der Waals surface area (Å²) in [5.41, 5.74) is 1.65. The third-order valence-corrected chi connectivity index (χ3v) is 5.31. The number of methoxy groups -OCH3 is 2. The van der Waals surface area contributed by atoms with E-state index in [-0.39, 0.29) is 5.11 Å². The summed E-state index contributed by atoms with van der Waals surface area (Å²) < 4.78 is 16.7. The van der Waals surface area contributed by atoms with Crippen molar-refractivity contribution >= 4 is 51.4 Å². The van der Waals surface area contributed by atoms with Gasteiger partial charge in [-0.05, 0) is 54.7 Å². The molecule has 4 rings (SSSR count). The first-order valence-electron chi connectivity index (χ1n) is 10.00. The number of halogens is 1. The third kappa shape index (κ3) is 5.16.